The van der Waals surface area contributed by atoms with Gasteiger partial charge in [-0.3, -0.25) is 0 Å². The number of hydrogen-bond donors (Lipinski definition) is 5. The van der Waals surface area contributed by atoms with E-state index in [2.05, 4.69) is 0 Å². The molecule has 3 heterocycles. The van der Waals surface area contributed by atoms with Crippen LogP contribution in [-0.4, -0.2) is 87.4 Å². The number of fused-ring (bicyclic) bond motifs is 3. The summed E-state index contributed by atoms with van der Waals surface area (Å²) in [7, 11) is 0. The van der Waals surface area contributed by atoms with Crippen molar-refractivity contribution in [1.29, 1.82) is 0 Å². The van der Waals surface area contributed by atoms with Gasteiger partial charge in [-0.2, -0.15) is 0 Å². The third kappa shape index (κ3) is 2.39. The van der Waals surface area contributed by atoms with Crippen molar-refractivity contribution in [3.63, 3.8) is 0 Å². The summed E-state index contributed by atoms with van der Waals surface area (Å²) in [6.07, 6.45) is -7.21. The Morgan fingerprint density at radius 2 is 1.71 bits per heavy atom. The Morgan fingerprint density at radius 3 is 2.42 bits per heavy atom. The number of ether oxygens (including phenoxy) is 4. The zero-order valence-corrected chi connectivity index (χ0v) is 13.0. The van der Waals surface area contributed by atoms with Crippen LogP contribution in [0.2, 0.25) is 0 Å². The molecule has 1 aliphatic carbocycles. The molecule has 4 rings (SSSR count). The first kappa shape index (κ1) is 16.7. The lowest BCUT2D eigenvalue weighted by Gasteiger charge is -2.43. The molecule has 3 fully saturated rings. The Labute approximate surface area is 138 Å². The fourth-order valence-corrected chi connectivity index (χ4v) is 4.03. The normalized spacial score (nSPS) is 56.1. The molecule has 9 nitrogen and oxygen atoms in total. The van der Waals surface area contributed by atoms with Crippen molar-refractivity contribution in [1.82, 2.24) is 0 Å². The maximum Gasteiger partial charge on any atom is 0.207 e. The third-order valence-electron chi connectivity index (χ3n) is 5.40. The van der Waals surface area contributed by atoms with Gasteiger partial charge in [0.2, 0.25) is 6.29 Å². The molecule has 24 heavy (non-hydrogen) atoms. The van der Waals surface area contributed by atoms with Gasteiger partial charge in [0.05, 0.1) is 31.0 Å². The fourth-order valence-electron chi connectivity index (χ4n) is 4.03. The molecular weight excluding hydrogens is 324 g/mol. The fraction of sp³-hybridized carbons (Fsp3) is 0.867. The van der Waals surface area contributed by atoms with E-state index in [0.29, 0.717) is 0 Å². The average Bonchev–Trinajstić information content (AvgIpc) is 3.30. The molecule has 2 saturated heterocycles. The van der Waals surface area contributed by atoms with Crippen molar-refractivity contribution in [3.05, 3.63) is 11.8 Å². The standard InChI is InChI=1S/C15H22O9/c1-4-3-21-14(7-6(4)9(18)13-12(7)23-13)24-15-11(20)10(19)8(17)5(2-16)22-15/h3,5-20H,2H2,1H3/t5-,6-,7+,8-,9-,10+,11-,12+,13-,14+,15+/m1/s1. The smallest absolute Gasteiger partial charge is 0.207 e. The zero-order valence-electron chi connectivity index (χ0n) is 13.0. The van der Waals surface area contributed by atoms with E-state index in [-0.39, 0.29) is 24.0 Å². The number of aliphatic hydroxyl groups is 5. The number of aliphatic hydroxyl groups excluding tert-OH is 5. The molecule has 9 heteroatoms. The van der Waals surface area contributed by atoms with Gasteiger partial charge < -0.3 is 44.5 Å². The number of hydrogen-bond acceptors (Lipinski definition) is 9. The molecule has 1 saturated carbocycles. The van der Waals surface area contributed by atoms with Gasteiger partial charge in [-0.1, -0.05) is 0 Å². The van der Waals surface area contributed by atoms with Crippen LogP contribution in [0.15, 0.2) is 11.8 Å². The Morgan fingerprint density at radius 1 is 0.958 bits per heavy atom. The predicted molar refractivity (Wildman–Crippen MR) is 75.1 cm³/mol. The van der Waals surface area contributed by atoms with Crippen molar-refractivity contribution in [2.24, 2.45) is 11.8 Å². The maximum atomic E-state index is 10.3. The summed E-state index contributed by atoms with van der Waals surface area (Å²) in [5.74, 6) is -0.431. The van der Waals surface area contributed by atoms with Crippen LogP contribution in [0.4, 0.5) is 0 Å². The minimum Gasteiger partial charge on any atom is -0.472 e. The first-order valence-electron chi connectivity index (χ1n) is 8.05. The molecule has 0 amide bonds. The lowest BCUT2D eigenvalue weighted by atomic mass is 9.85. The van der Waals surface area contributed by atoms with Gasteiger partial charge in [0.15, 0.2) is 6.29 Å². The summed E-state index contributed by atoms with van der Waals surface area (Å²) in [6.45, 7) is 1.32. The van der Waals surface area contributed by atoms with E-state index in [0.717, 1.165) is 5.57 Å². The molecule has 0 bridgehead atoms. The third-order valence-corrected chi connectivity index (χ3v) is 5.40. The van der Waals surface area contributed by atoms with Gasteiger partial charge >= 0.3 is 0 Å². The highest BCUT2D eigenvalue weighted by atomic mass is 16.8. The molecule has 136 valence electrons. The SMILES string of the molecule is CC1=CO[C@@H](O[C@@H]2O[C@H](CO)[C@@H](O)[C@H](O)[C@H]2O)[C@@H]2[C@@H]3O[C@@H]3[C@H](O)[C@H]12. The first-order chi connectivity index (χ1) is 11.4. The Balaban J connectivity index is 1.51. The topological polar surface area (TPSA) is 141 Å². The summed E-state index contributed by atoms with van der Waals surface area (Å²) in [6, 6.07) is 0. The molecule has 0 unspecified atom stereocenters. The van der Waals surface area contributed by atoms with Crippen LogP contribution in [-0.2, 0) is 18.9 Å². The van der Waals surface area contributed by atoms with Gasteiger partial charge in [-0.05, 0) is 12.5 Å². The minimum atomic E-state index is -1.52. The second kappa shape index (κ2) is 5.89. The lowest BCUT2D eigenvalue weighted by molar-refractivity contribution is -0.342. The van der Waals surface area contributed by atoms with E-state index in [1.54, 1.807) is 0 Å². The van der Waals surface area contributed by atoms with Crippen molar-refractivity contribution < 1.29 is 44.5 Å². The molecule has 11 atom stereocenters. The summed E-state index contributed by atoms with van der Waals surface area (Å²) in [5.41, 5.74) is 0.886. The van der Waals surface area contributed by atoms with Crippen molar-refractivity contribution in [2.45, 2.75) is 62.2 Å². The summed E-state index contributed by atoms with van der Waals surface area (Å²) in [4.78, 5) is 0. The van der Waals surface area contributed by atoms with E-state index in [1.165, 1.54) is 6.26 Å². The van der Waals surface area contributed by atoms with E-state index in [9.17, 15) is 25.5 Å². The van der Waals surface area contributed by atoms with Crippen LogP contribution in [0.1, 0.15) is 6.92 Å². The Kier molecular flexibility index (Phi) is 4.09. The van der Waals surface area contributed by atoms with Gasteiger partial charge in [-0.25, -0.2) is 0 Å². The molecule has 0 spiro atoms. The van der Waals surface area contributed by atoms with Crippen LogP contribution in [0.5, 0.6) is 0 Å². The quantitative estimate of drug-likeness (QED) is 0.349. The van der Waals surface area contributed by atoms with E-state index < -0.39 is 49.7 Å². The van der Waals surface area contributed by atoms with Gasteiger partial charge in [-0.15, -0.1) is 0 Å². The monoisotopic (exact) mass is 346 g/mol. The molecule has 0 aromatic rings. The van der Waals surface area contributed by atoms with Gasteiger partial charge in [0.25, 0.3) is 0 Å². The molecule has 0 aromatic carbocycles. The zero-order chi connectivity index (χ0) is 17.2. The summed E-state index contributed by atoms with van der Waals surface area (Å²) < 4.78 is 22.0. The molecule has 5 N–H and O–H groups in total. The van der Waals surface area contributed by atoms with Crippen molar-refractivity contribution in [3.8, 4) is 0 Å². The van der Waals surface area contributed by atoms with Crippen molar-refractivity contribution >= 4 is 0 Å². The number of rotatable bonds is 3. The second-order valence-electron chi connectivity index (χ2n) is 6.86. The first-order valence-corrected chi connectivity index (χ1v) is 8.05. The Hall–Kier alpha value is -0.780. The van der Waals surface area contributed by atoms with Crippen LogP contribution in [0, 0.1) is 11.8 Å². The van der Waals surface area contributed by atoms with E-state index >= 15 is 0 Å². The second-order valence-corrected chi connectivity index (χ2v) is 6.86. The van der Waals surface area contributed by atoms with Gasteiger partial charge in [0, 0.05) is 5.92 Å². The Bertz CT molecular complexity index is 523. The molecule has 3 aliphatic heterocycles. The van der Waals surface area contributed by atoms with Crippen LogP contribution < -0.4 is 0 Å². The van der Waals surface area contributed by atoms with Crippen LogP contribution in [0.3, 0.4) is 0 Å². The van der Waals surface area contributed by atoms with E-state index in [4.69, 9.17) is 18.9 Å². The summed E-state index contributed by atoms with van der Waals surface area (Å²) >= 11 is 0. The maximum absolute atomic E-state index is 10.3. The van der Waals surface area contributed by atoms with Crippen LogP contribution >= 0.6 is 0 Å². The lowest BCUT2D eigenvalue weighted by Crippen LogP contribution is -2.60. The van der Waals surface area contributed by atoms with Crippen molar-refractivity contribution in [2.75, 3.05) is 6.61 Å². The minimum absolute atomic E-state index is 0.169. The predicted octanol–water partition coefficient (Wildman–Crippen LogP) is -2.56. The van der Waals surface area contributed by atoms with Gasteiger partial charge in [0.1, 0.15) is 30.5 Å². The highest BCUT2D eigenvalue weighted by Gasteiger charge is 2.66. The molecular formula is C15H22O9. The molecule has 0 aromatic heterocycles. The molecule has 4 aliphatic rings. The largest absolute Gasteiger partial charge is 0.472 e. The van der Waals surface area contributed by atoms with E-state index in [1.807, 2.05) is 6.92 Å². The highest BCUT2D eigenvalue weighted by molar-refractivity contribution is 5.21. The summed E-state index contributed by atoms with van der Waals surface area (Å²) in [5, 5.41) is 49.2. The molecule has 0 radical (unpaired) electrons. The highest BCUT2D eigenvalue weighted by Crippen LogP contribution is 2.53. The van der Waals surface area contributed by atoms with Crippen LogP contribution in [0.25, 0.3) is 0 Å². The number of epoxide rings is 1. The average molecular weight is 346 g/mol.